The van der Waals surface area contributed by atoms with Gasteiger partial charge in [0.05, 0.1) is 6.54 Å². The number of hydrogen-bond donors (Lipinski definition) is 4. The Bertz CT molecular complexity index is 336. The van der Waals surface area contributed by atoms with Crippen LogP contribution in [0, 0.1) is 11.3 Å². The van der Waals surface area contributed by atoms with Crippen molar-refractivity contribution in [3.63, 3.8) is 0 Å². The van der Waals surface area contributed by atoms with E-state index >= 15 is 0 Å². The van der Waals surface area contributed by atoms with E-state index in [2.05, 4.69) is 36.7 Å². The molecule has 7 heteroatoms. The molecule has 0 saturated carbocycles. The Morgan fingerprint density at radius 3 is 2.11 bits per heavy atom. The fraction of sp³-hybridized carbons (Fsp3) is 0.750. The van der Waals surface area contributed by atoms with Crippen molar-refractivity contribution in [2.75, 3.05) is 19.6 Å². The normalized spacial score (nSPS) is 12.4. The minimum atomic E-state index is -1.13. The van der Waals surface area contributed by atoms with E-state index < -0.39 is 24.5 Å². The number of amides is 3. The van der Waals surface area contributed by atoms with Crippen molar-refractivity contribution < 1.29 is 19.5 Å². The third-order valence-corrected chi connectivity index (χ3v) is 2.89. The van der Waals surface area contributed by atoms with Crippen molar-refractivity contribution in [2.45, 2.75) is 27.7 Å². The number of carbonyl (C=O) groups is 3. The Kier molecular flexibility index (Phi) is 6.89. The summed E-state index contributed by atoms with van der Waals surface area (Å²) in [4.78, 5) is 32.7. The van der Waals surface area contributed by atoms with Crippen molar-refractivity contribution in [1.29, 1.82) is 0 Å². The maximum absolute atomic E-state index is 11.4. The first-order valence-electron chi connectivity index (χ1n) is 6.13. The molecule has 0 aromatic carbocycles. The Morgan fingerprint density at radius 1 is 1.05 bits per heavy atom. The second kappa shape index (κ2) is 7.60. The molecule has 0 aliphatic carbocycles. The van der Waals surface area contributed by atoms with Crippen LogP contribution >= 0.6 is 0 Å². The van der Waals surface area contributed by atoms with E-state index in [0.29, 0.717) is 12.5 Å². The molecule has 1 unspecified atom stereocenters. The summed E-state index contributed by atoms with van der Waals surface area (Å²) in [5, 5.41) is 15.5. The SMILES string of the molecule is CC(CNC(=O)NCC(=O)NCC(=O)O)C(C)(C)C. The average Bonchev–Trinajstić information content (AvgIpc) is 2.29. The first-order valence-corrected chi connectivity index (χ1v) is 6.13. The van der Waals surface area contributed by atoms with Gasteiger partial charge in [0.15, 0.2) is 0 Å². The molecule has 0 spiro atoms. The topological polar surface area (TPSA) is 108 Å². The van der Waals surface area contributed by atoms with E-state index in [1.807, 2.05) is 6.92 Å². The number of carboxylic acids is 1. The summed E-state index contributed by atoms with van der Waals surface area (Å²) in [6.45, 7) is 8.07. The largest absolute Gasteiger partial charge is 0.480 e. The number of aliphatic carboxylic acids is 1. The second-order valence-electron chi connectivity index (χ2n) is 5.50. The maximum atomic E-state index is 11.4. The van der Waals surface area contributed by atoms with Crippen LogP contribution in [-0.2, 0) is 9.59 Å². The Hall–Kier alpha value is -1.79. The predicted molar refractivity (Wildman–Crippen MR) is 70.7 cm³/mol. The molecule has 3 amide bonds. The third-order valence-electron chi connectivity index (χ3n) is 2.89. The van der Waals surface area contributed by atoms with Gasteiger partial charge in [-0.3, -0.25) is 9.59 Å². The monoisotopic (exact) mass is 273 g/mol. The molecule has 110 valence electrons. The van der Waals surface area contributed by atoms with Crippen LogP contribution in [0.15, 0.2) is 0 Å². The molecule has 0 saturated heterocycles. The van der Waals surface area contributed by atoms with E-state index in [1.54, 1.807) is 0 Å². The third kappa shape index (κ3) is 8.87. The predicted octanol–water partition coefficient (Wildman–Crippen LogP) is 0.169. The van der Waals surface area contributed by atoms with Gasteiger partial charge in [0, 0.05) is 6.54 Å². The fourth-order valence-electron chi connectivity index (χ4n) is 1.01. The number of rotatable bonds is 6. The number of carbonyl (C=O) groups excluding carboxylic acids is 2. The van der Waals surface area contributed by atoms with Crippen molar-refractivity contribution in [3.05, 3.63) is 0 Å². The number of urea groups is 1. The summed E-state index contributed by atoms with van der Waals surface area (Å²) < 4.78 is 0. The highest BCUT2D eigenvalue weighted by molar-refractivity contribution is 5.86. The van der Waals surface area contributed by atoms with Gasteiger partial charge in [-0.2, -0.15) is 0 Å². The molecular weight excluding hydrogens is 250 g/mol. The lowest BCUT2D eigenvalue weighted by molar-refractivity contribution is -0.137. The van der Waals surface area contributed by atoms with Gasteiger partial charge < -0.3 is 21.1 Å². The quantitative estimate of drug-likeness (QED) is 0.553. The molecule has 19 heavy (non-hydrogen) atoms. The van der Waals surface area contributed by atoms with E-state index in [4.69, 9.17) is 5.11 Å². The molecule has 0 aromatic heterocycles. The molecule has 0 heterocycles. The maximum Gasteiger partial charge on any atom is 0.322 e. The average molecular weight is 273 g/mol. The second-order valence-corrected chi connectivity index (χ2v) is 5.50. The molecule has 7 nitrogen and oxygen atoms in total. The molecule has 0 aromatic rings. The number of nitrogens with one attached hydrogen (secondary N) is 3. The standard InChI is InChI=1S/C12H23N3O4/c1-8(12(2,3)4)5-14-11(19)15-6-9(16)13-7-10(17)18/h8H,5-7H2,1-4H3,(H,13,16)(H,17,18)(H2,14,15,19). The van der Waals surface area contributed by atoms with Gasteiger partial charge in [0.2, 0.25) is 5.91 Å². The Balaban J connectivity index is 3.82. The first-order chi connectivity index (χ1) is 8.62. The molecule has 0 bridgehead atoms. The van der Waals surface area contributed by atoms with E-state index in [1.165, 1.54) is 0 Å². The van der Waals surface area contributed by atoms with E-state index in [-0.39, 0.29) is 12.0 Å². The zero-order valence-corrected chi connectivity index (χ0v) is 11.9. The minimum absolute atomic E-state index is 0.0894. The summed E-state index contributed by atoms with van der Waals surface area (Å²) in [5.74, 6) is -1.38. The van der Waals surface area contributed by atoms with Gasteiger partial charge in [-0.15, -0.1) is 0 Å². The van der Waals surface area contributed by atoms with Crippen molar-refractivity contribution in [2.24, 2.45) is 11.3 Å². The van der Waals surface area contributed by atoms with E-state index in [0.717, 1.165) is 0 Å². The zero-order valence-electron chi connectivity index (χ0n) is 11.9. The molecule has 1 atom stereocenters. The summed E-state index contributed by atoms with van der Waals surface area (Å²) in [7, 11) is 0. The van der Waals surface area contributed by atoms with Gasteiger partial charge in [0.1, 0.15) is 6.54 Å². The van der Waals surface area contributed by atoms with Crippen LogP contribution < -0.4 is 16.0 Å². The van der Waals surface area contributed by atoms with Gasteiger partial charge in [-0.25, -0.2) is 4.79 Å². The van der Waals surface area contributed by atoms with Crippen molar-refractivity contribution in [3.8, 4) is 0 Å². The molecule has 0 aliphatic heterocycles. The summed E-state index contributed by atoms with van der Waals surface area (Å²) in [6.07, 6.45) is 0. The van der Waals surface area contributed by atoms with Crippen LogP contribution in [0.4, 0.5) is 4.79 Å². The highest BCUT2D eigenvalue weighted by Crippen LogP contribution is 2.24. The number of hydrogen-bond acceptors (Lipinski definition) is 3. The highest BCUT2D eigenvalue weighted by Gasteiger charge is 2.20. The molecule has 0 fully saturated rings. The van der Waals surface area contributed by atoms with Gasteiger partial charge in [-0.1, -0.05) is 27.7 Å². The van der Waals surface area contributed by atoms with E-state index in [9.17, 15) is 14.4 Å². The smallest absolute Gasteiger partial charge is 0.322 e. The molecular formula is C12H23N3O4. The summed E-state index contributed by atoms with van der Waals surface area (Å²) in [6, 6.07) is -0.443. The van der Waals surface area contributed by atoms with Gasteiger partial charge in [-0.05, 0) is 11.3 Å². The van der Waals surface area contributed by atoms with Gasteiger partial charge in [0.25, 0.3) is 0 Å². The summed E-state index contributed by atoms with van der Waals surface area (Å²) in [5.41, 5.74) is 0.0894. The van der Waals surface area contributed by atoms with Crippen LogP contribution in [-0.4, -0.2) is 42.6 Å². The van der Waals surface area contributed by atoms with Crippen LogP contribution in [0.2, 0.25) is 0 Å². The summed E-state index contributed by atoms with van der Waals surface area (Å²) >= 11 is 0. The lowest BCUT2D eigenvalue weighted by Crippen LogP contribution is -2.44. The molecule has 0 rings (SSSR count). The Labute approximate surface area is 113 Å². The number of carboxylic acid groups (broad SMARTS) is 1. The fourth-order valence-corrected chi connectivity index (χ4v) is 1.01. The highest BCUT2D eigenvalue weighted by atomic mass is 16.4. The molecule has 0 aliphatic rings. The van der Waals surface area contributed by atoms with Crippen molar-refractivity contribution in [1.82, 2.24) is 16.0 Å². The Morgan fingerprint density at radius 2 is 1.63 bits per heavy atom. The van der Waals surface area contributed by atoms with Crippen LogP contribution in [0.1, 0.15) is 27.7 Å². The zero-order chi connectivity index (χ0) is 15.1. The van der Waals surface area contributed by atoms with Crippen LogP contribution in [0.25, 0.3) is 0 Å². The van der Waals surface area contributed by atoms with Crippen LogP contribution in [0.3, 0.4) is 0 Å². The molecule has 0 radical (unpaired) electrons. The first kappa shape index (κ1) is 17.2. The van der Waals surface area contributed by atoms with Crippen molar-refractivity contribution >= 4 is 17.9 Å². The van der Waals surface area contributed by atoms with Gasteiger partial charge >= 0.3 is 12.0 Å². The van der Waals surface area contributed by atoms with Crippen LogP contribution in [0.5, 0.6) is 0 Å². The molecule has 4 N–H and O–H groups in total. The lowest BCUT2D eigenvalue weighted by atomic mass is 9.82. The lowest BCUT2D eigenvalue weighted by Gasteiger charge is -2.27. The minimum Gasteiger partial charge on any atom is -0.480 e.